The summed E-state index contributed by atoms with van der Waals surface area (Å²) in [5, 5.41) is 4.05. The lowest BCUT2D eigenvalue weighted by Gasteiger charge is -2.12. The van der Waals surface area contributed by atoms with Crippen LogP contribution in [0.25, 0.3) is 0 Å². The van der Waals surface area contributed by atoms with Gasteiger partial charge in [0.15, 0.2) is 23.0 Å². The van der Waals surface area contributed by atoms with Crippen LogP contribution in [0.3, 0.4) is 0 Å². The van der Waals surface area contributed by atoms with Gasteiger partial charge in [-0.25, -0.2) is 5.43 Å². The van der Waals surface area contributed by atoms with E-state index in [1.807, 2.05) is 26.0 Å². The highest BCUT2D eigenvalue weighted by Gasteiger charge is 2.12. The maximum absolute atomic E-state index is 12.4. The van der Waals surface area contributed by atoms with E-state index in [-0.39, 0.29) is 5.91 Å². The van der Waals surface area contributed by atoms with Crippen LogP contribution >= 0.6 is 22.6 Å². The molecule has 2 rings (SSSR count). The van der Waals surface area contributed by atoms with Crippen molar-refractivity contribution in [1.29, 1.82) is 0 Å². The first-order valence-electron chi connectivity index (χ1n) is 9.18. The van der Waals surface area contributed by atoms with E-state index in [9.17, 15) is 4.79 Å². The zero-order valence-electron chi connectivity index (χ0n) is 17.0. The lowest BCUT2D eigenvalue weighted by atomic mass is 10.2. The summed E-state index contributed by atoms with van der Waals surface area (Å²) in [5.41, 5.74) is 3.72. The molecule has 7 nitrogen and oxygen atoms in total. The van der Waals surface area contributed by atoms with Crippen molar-refractivity contribution in [3.8, 4) is 23.0 Å². The number of rotatable bonds is 10. The van der Waals surface area contributed by atoms with E-state index < -0.39 is 0 Å². The minimum atomic E-state index is -0.352. The molecule has 0 radical (unpaired) electrons. The molecule has 0 spiro atoms. The van der Waals surface area contributed by atoms with E-state index in [2.05, 4.69) is 33.1 Å². The standard InChI is InChI=1S/C21H25IN2O5/c1-5-9-29-20-16(22)10-14(11-19(20)27-4)13-23-24-21(25)15-7-8-17(26-3)18(12-15)28-6-2/h7-8,10-13H,5-6,9H2,1-4H3,(H,24,25)/b23-13+. The lowest BCUT2D eigenvalue weighted by molar-refractivity contribution is 0.0954. The summed E-state index contributed by atoms with van der Waals surface area (Å²) in [7, 11) is 3.14. The van der Waals surface area contributed by atoms with Crippen LogP contribution in [0.1, 0.15) is 36.2 Å². The first-order chi connectivity index (χ1) is 14.0. The van der Waals surface area contributed by atoms with Crippen molar-refractivity contribution < 1.29 is 23.7 Å². The van der Waals surface area contributed by atoms with Crippen molar-refractivity contribution in [3.63, 3.8) is 0 Å². The van der Waals surface area contributed by atoms with E-state index in [0.717, 1.165) is 15.6 Å². The average Bonchev–Trinajstić information content (AvgIpc) is 2.72. The van der Waals surface area contributed by atoms with Crippen LogP contribution < -0.4 is 24.4 Å². The van der Waals surface area contributed by atoms with Gasteiger partial charge >= 0.3 is 0 Å². The minimum Gasteiger partial charge on any atom is -0.493 e. The van der Waals surface area contributed by atoms with Gasteiger partial charge in [-0.2, -0.15) is 5.10 Å². The lowest BCUT2D eigenvalue weighted by Crippen LogP contribution is -2.17. The van der Waals surface area contributed by atoms with Crippen LogP contribution in [0.5, 0.6) is 23.0 Å². The predicted molar refractivity (Wildman–Crippen MR) is 121 cm³/mol. The van der Waals surface area contributed by atoms with Crippen molar-refractivity contribution >= 4 is 34.7 Å². The Labute approximate surface area is 184 Å². The fourth-order valence-corrected chi connectivity index (χ4v) is 3.26. The van der Waals surface area contributed by atoms with Crippen molar-refractivity contribution in [3.05, 3.63) is 45.0 Å². The Hall–Kier alpha value is -2.49. The van der Waals surface area contributed by atoms with E-state index in [1.54, 1.807) is 38.6 Å². The van der Waals surface area contributed by atoms with Crippen molar-refractivity contribution in [2.24, 2.45) is 5.10 Å². The van der Waals surface area contributed by atoms with Crippen molar-refractivity contribution in [2.45, 2.75) is 20.3 Å². The van der Waals surface area contributed by atoms with Crippen LogP contribution in [0.2, 0.25) is 0 Å². The molecule has 8 heteroatoms. The van der Waals surface area contributed by atoms with Gasteiger partial charge in [0.05, 0.1) is 37.2 Å². The Kier molecular flexibility index (Phi) is 9.04. The second kappa shape index (κ2) is 11.5. The second-order valence-corrected chi connectivity index (χ2v) is 7.04. The van der Waals surface area contributed by atoms with Gasteiger partial charge in [0, 0.05) is 5.56 Å². The maximum Gasteiger partial charge on any atom is 0.271 e. The third-order valence-electron chi connectivity index (χ3n) is 3.81. The number of carbonyl (C=O) groups excluding carboxylic acids is 1. The first-order valence-corrected chi connectivity index (χ1v) is 10.3. The molecule has 1 N–H and O–H groups in total. The number of halogens is 1. The molecule has 0 atom stereocenters. The van der Waals surface area contributed by atoms with Crippen LogP contribution in [0, 0.1) is 3.57 Å². The van der Waals surface area contributed by atoms with Gasteiger partial charge in [-0.3, -0.25) is 4.79 Å². The summed E-state index contributed by atoms with van der Waals surface area (Å²) in [6.07, 6.45) is 2.46. The molecule has 1 amide bonds. The van der Waals surface area contributed by atoms with Crippen LogP contribution in [-0.2, 0) is 0 Å². The fraction of sp³-hybridized carbons (Fsp3) is 0.333. The number of benzene rings is 2. The van der Waals surface area contributed by atoms with Gasteiger partial charge in [0.1, 0.15) is 0 Å². The first kappa shape index (κ1) is 22.8. The molecule has 0 heterocycles. The topological polar surface area (TPSA) is 78.4 Å². The third kappa shape index (κ3) is 6.25. The molecule has 0 aliphatic rings. The van der Waals surface area contributed by atoms with Gasteiger partial charge in [-0.15, -0.1) is 0 Å². The highest BCUT2D eigenvalue weighted by atomic mass is 127. The molecule has 156 valence electrons. The number of amides is 1. The van der Waals surface area contributed by atoms with Gasteiger partial charge in [0.2, 0.25) is 0 Å². The normalized spacial score (nSPS) is 10.7. The number of nitrogens with one attached hydrogen (secondary N) is 1. The molecule has 0 aromatic heterocycles. The summed E-state index contributed by atoms with van der Waals surface area (Å²) in [6, 6.07) is 8.68. The van der Waals surface area contributed by atoms with Crippen molar-refractivity contribution in [1.82, 2.24) is 5.43 Å². The molecular formula is C21H25IN2O5. The number of hydrazone groups is 1. The maximum atomic E-state index is 12.4. The molecular weight excluding hydrogens is 487 g/mol. The van der Waals surface area contributed by atoms with Gasteiger partial charge in [0.25, 0.3) is 5.91 Å². The zero-order chi connectivity index (χ0) is 21.2. The fourth-order valence-electron chi connectivity index (χ4n) is 2.47. The molecule has 2 aromatic carbocycles. The van der Waals surface area contributed by atoms with Gasteiger partial charge in [-0.1, -0.05) is 6.92 Å². The summed E-state index contributed by atoms with van der Waals surface area (Å²) < 4.78 is 22.8. The Bertz CT molecular complexity index is 870. The highest BCUT2D eigenvalue weighted by Crippen LogP contribution is 2.33. The van der Waals surface area contributed by atoms with Crippen LogP contribution in [0.15, 0.2) is 35.4 Å². The minimum absolute atomic E-state index is 0.352. The molecule has 0 unspecified atom stereocenters. The molecule has 0 saturated carbocycles. The Balaban J connectivity index is 2.12. The average molecular weight is 512 g/mol. The molecule has 0 fully saturated rings. The summed E-state index contributed by atoms with van der Waals surface area (Å²) in [6.45, 7) is 4.99. The van der Waals surface area contributed by atoms with E-state index >= 15 is 0 Å². The van der Waals surface area contributed by atoms with Gasteiger partial charge in [-0.05, 0) is 71.8 Å². The van der Waals surface area contributed by atoms with Gasteiger partial charge < -0.3 is 18.9 Å². The molecule has 0 saturated heterocycles. The largest absolute Gasteiger partial charge is 0.493 e. The molecule has 29 heavy (non-hydrogen) atoms. The summed E-state index contributed by atoms with van der Waals surface area (Å²) in [4.78, 5) is 12.4. The molecule has 2 aromatic rings. The number of hydrogen-bond donors (Lipinski definition) is 1. The number of nitrogens with zero attached hydrogens (tertiary/aromatic N) is 1. The quantitative estimate of drug-likeness (QED) is 0.293. The molecule has 0 bridgehead atoms. The summed E-state index contributed by atoms with van der Waals surface area (Å²) >= 11 is 2.19. The Morgan fingerprint density at radius 3 is 2.48 bits per heavy atom. The highest BCUT2D eigenvalue weighted by molar-refractivity contribution is 14.1. The molecule has 0 aliphatic heterocycles. The Morgan fingerprint density at radius 2 is 1.83 bits per heavy atom. The van der Waals surface area contributed by atoms with E-state index in [1.165, 1.54) is 0 Å². The van der Waals surface area contributed by atoms with E-state index in [0.29, 0.717) is 41.8 Å². The second-order valence-electron chi connectivity index (χ2n) is 5.88. The van der Waals surface area contributed by atoms with Crippen LogP contribution in [-0.4, -0.2) is 39.6 Å². The predicted octanol–water partition coefficient (Wildman–Crippen LogP) is 4.26. The van der Waals surface area contributed by atoms with E-state index in [4.69, 9.17) is 18.9 Å². The van der Waals surface area contributed by atoms with Crippen molar-refractivity contribution in [2.75, 3.05) is 27.4 Å². The number of carbonyl (C=O) groups is 1. The number of hydrogen-bond acceptors (Lipinski definition) is 6. The molecule has 0 aliphatic carbocycles. The number of ether oxygens (including phenoxy) is 4. The number of methoxy groups -OCH3 is 2. The Morgan fingerprint density at radius 1 is 1.07 bits per heavy atom. The van der Waals surface area contributed by atoms with Crippen LogP contribution in [0.4, 0.5) is 0 Å². The summed E-state index contributed by atoms with van der Waals surface area (Å²) in [5.74, 6) is 2.05. The third-order valence-corrected chi connectivity index (χ3v) is 4.61. The smallest absolute Gasteiger partial charge is 0.271 e. The monoisotopic (exact) mass is 512 g/mol. The zero-order valence-corrected chi connectivity index (χ0v) is 19.1. The SMILES string of the molecule is CCCOc1c(I)cc(/C=N/NC(=O)c2ccc(OC)c(OCC)c2)cc1OC.